The first-order chi connectivity index (χ1) is 14.4. The van der Waals surface area contributed by atoms with Crippen molar-refractivity contribution in [2.24, 2.45) is 0 Å². The summed E-state index contributed by atoms with van der Waals surface area (Å²) in [6.45, 7) is 2.40. The first kappa shape index (κ1) is 22.1. The number of phenols is 5. The molecule has 1 atom stereocenters. The lowest BCUT2D eigenvalue weighted by molar-refractivity contribution is -0.153. The zero-order valence-corrected chi connectivity index (χ0v) is 17.6. The normalized spacial score (nSPS) is 12.9. The van der Waals surface area contributed by atoms with Crippen LogP contribution in [0.25, 0.3) is 11.3 Å². The lowest BCUT2D eigenvalue weighted by Gasteiger charge is -2.26. The first-order valence-electron chi connectivity index (χ1n) is 8.57. The van der Waals surface area contributed by atoms with Gasteiger partial charge in [-0.15, -0.1) is 0 Å². The molecule has 1 aromatic heterocycles. The highest BCUT2D eigenvalue weighted by molar-refractivity contribution is 9.10. The summed E-state index contributed by atoms with van der Waals surface area (Å²) < 4.78 is 10.9. The van der Waals surface area contributed by atoms with Gasteiger partial charge in [0.15, 0.2) is 17.3 Å². The molecule has 12 heteroatoms. The molecule has 31 heavy (non-hydrogen) atoms. The summed E-state index contributed by atoms with van der Waals surface area (Å²) in [7, 11) is 0. The zero-order valence-electron chi connectivity index (χ0n) is 16.0. The predicted octanol–water partition coefficient (Wildman–Crippen LogP) is 3.35. The second-order valence-corrected chi connectivity index (χ2v) is 7.51. The van der Waals surface area contributed by atoms with Crippen molar-refractivity contribution in [2.75, 3.05) is 5.32 Å². The molecule has 0 fully saturated rings. The summed E-state index contributed by atoms with van der Waals surface area (Å²) in [5.41, 5.74) is 0.0493. The van der Waals surface area contributed by atoms with Crippen molar-refractivity contribution in [1.82, 2.24) is 5.16 Å². The quantitative estimate of drug-likeness (QED) is 0.160. The maximum atomic E-state index is 12.4. The van der Waals surface area contributed by atoms with Crippen molar-refractivity contribution in [3.05, 3.63) is 40.0 Å². The average molecular weight is 497 g/mol. The van der Waals surface area contributed by atoms with E-state index in [0.717, 1.165) is 11.4 Å². The van der Waals surface area contributed by atoms with E-state index in [1.54, 1.807) is 31.2 Å². The van der Waals surface area contributed by atoms with Gasteiger partial charge in [0.25, 0.3) is 0 Å². The van der Waals surface area contributed by atoms with Crippen molar-refractivity contribution < 1.29 is 44.7 Å². The molecule has 0 bridgehead atoms. The molecule has 0 saturated heterocycles. The number of aromatic hydroxyl groups is 5. The van der Waals surface area contributed by atoms with E-state index in [2.05, 4.69) is 26.4 Å². The number of amides is 1. The standard InChI is InChI=1S/C19H17BrN2O9/c1-7-11(17(31-22-7)8-3-5-9(20)6-4-8)21-18(28)30-19(2,29)10-12(23)14(25)16(27)15(26)13(10)24/h3-6,23-27,29H,1-2H3,(H,21,28). The van der Waals surface area contributed by atoms with Crippen LogP contribution in [0.3, 0.4) is 0 Å². The van der Waals surface area contributed by atoms with Crippen LogP contribution < -0.4 is 5.32 Å². The molecule has 0 spiro atoms. The van der Waals surface area contributed by atoms with E-state index < -0.39 is 46.2 Å². The smallest absolute Gasteiger partial charge is 0.414 e. The Morgan fingerprint density at radius 1 is 1.03 bits per heavy atom. The molecule has 11 nitrogen and oxygen atoms in total. The van der Waals surface area contributed by atoms with Gasteiger partial charge in [0.2, 0.25) is 23.0 Å². The maximum Gasteiger partial charge on any atom is 0.414 e. The van der Waals surface area contributed by atoms with Gasteiger partial charge in [0.05, 0.1) is 0 Å². The molecule has 0 aliphatic rings. The second kappa shape index (κ2) is 7.89. The van der Waals surface area contributed by atoms with Crippen LogP contribution in [-0.2, 0) is 10.5 Å². The van der Waals surface area contributed by atoms with Crippen LogP contribution in [0.2, 0.25) is 0 Å². The van der Waals surface area contributed by atoms with Gasteiger partial charge in [0, 0.05) is 17.0 Å². The number of ether oxygens (including phenoxy) is 1. The van der Waals surface area contributed by atoms with Gasteiger partial charge < -0.3 is 39.9 Å². The summed E-state index contributed by atoms with van der Waals surface area (Å²) in [5, 5.41) is 65.4. The molecule has 7 N–H and O–H groups in total. The molecule has 3 rings (SSSR count). The highest BCUT2D eigenvalue weighted by Gasteiger charge is 2.39. The Balaban J connectivity index is 1.90. The van der Waals surface area contributed by atoms with Gasteiger partial charge in [-0.3, -0.25) is 5.32 Å². The molecule has 0 aliphatic heterocycles. The van der Waals surface area contributed by atoms with Gasteiger partial charge in [-0.1, -0.05) is 21.1 Å². The van der Waals surface area contributed by atoms with Crippen LogP contribution in [0.5, 0.6) is 28.7 Å². The minimum absolute atomic E-state index is 0.132. The molecule has 1 unspecified atom stereocenters. The van der Waals surface area contributed by atoms with E-state index in [0.29, 0.717) is 11.3 Å². The van der Waals surface area contributed by atoms with Crippen molar-refractivity contribution in [2.45, 2.75) is 19.6 Å². The van der Waals surface area contributed by atoms with E-state index in [1.807, 2.05) is 0 Å². The van der Waals surface area contributed by atoms with Crippen molar-refractivity contribution >= 4 is 27.7 Å². The zero-order chi connectivity index (χ0) is 23.1. The third-order valence-corrected chi connectivity index (χ3v) is 4.85. The van der Waals surface area contributed by atoms with E-state index >= 15 is 0 Å². The highest BCUT2D eigenvalue weighted by Crippen LogP contribution is 2.54. The molecule has 2 aromatic carbocycles. The Morgan fingerprint density at radius 3 is 2.10 bits per heavy atom. The average Bonchev–Trinajstić information content (AvgIpc) is 3.05. The Bertz CT molecular complexity index is 1130. The molecule has 1 heterocycles. The van der Waals surface area contributed by atoms with Crippen LogP contribution in [0, 0.1) is 6.92 Å². The number of carbonyl (C=O) groups is 1. The van der Waals surface area contributed by atoms with Gasteiger partial charge in [-0.05, 0) is 31.2 Å². The van der Waals surface area contributed by atoms with E-state index in [4.69, 9.17) is 9.26 Å². The van der Waals surface area contributed by atoms with Crippen LogP contribution in [0.1, 0.15) is 18.2 Å². The predicted molar refractivity (Wildman–Crippen MR) is 109 cm³/mol. The molecule has 0 aliphatic carbocycles. The summed E-state index contributed by atoms with van der Waals surface area (Å²) in [4.78, 5) is 12.4. The number of hydrogen-bond acceptors (Lipinski definition) is 10. The topological polar surface area (TPSA) is 186 Å². The number of anilines is 1. The Morgan fingerprint density at radius 2 is 1.55 bits per heavy atom. The molecule has 164 valence electrons. The molecule has 0 radical (unpaired) electrons. The number of hydrogen-bond donors (Lipinski definition) is 7. The van der Waals surface area contributed by atoms with Gasteiger partial charge >= 0.3 is 6.09 Å². The van der Waals surface area contributed by atoms with Crippen molar-refractivity contribution in [3.8, 4) is 40.1 Å². The van der Waals surface area contributed by atoms with E-state index in [9.17, 15) is 35.4 Å². The van der Waals surface area contributed by atoms with Crippen LogP contribution >= 0.6 is 15.9 Å². The van der Waals surface area contributed by atoms with Crippen LogP contribution in [0.15, 0.2) is 33.3 Å². The molecule has 1 amide bonds. The minimum Gasteiger partial charge on any atom is -0.504 e. The summed E-state index contributed by atoms with van der Waals surface area (Å²) in [5.74, 6) is -8.65. The fourth-order valence-corrected chi connectivity index (χ4v) is 3.06. The molecule has 0 saturated carbocycles. The number of carbonyl (C=O) groups excluding carboxylic acids is 1. The summed E-state index contributed by atoms with van der Waals surface area (Å²) >= 11 is 3.31. The van der Waals surface area contributed by atoms with E-state index in [1.165, 1.54) is 0 Å². The van der Waals surface area contributed by atoms with Gasteiger partial charge in [-0.25, -0.2) is 4.79 Å². The fourth-order valence-electron chi connectivity index (χ4n) is 2.80. The third-order valence-electron chi connectivity index (χ3n) is 4.32. The summed E-state index contributed by atoms with van der Waals surface area (Å²) in [6, 6.07) is 6.90. The largest absolute Gasteiger partial charge is 0.504 e. The monoisotopic (exact) mass is 496 g/mol. The first-order valence-corrected chi connectivity index (χ1v) is 9.37. The van der Waals surface area contributed by atoms with Crippen molar-refractivity contribution in [3.63, 3.8) is 0 Å². The van der Waals surface area contributed by atoms with E-state index in [-0.39, 0.29) is 11.4 Å². The molecule has 3 aromatic rings. The lowest BCUT2D eigenvalue weighted by Crippen LogP contribution is -2.31. The van der Waals surface area contributed by atoms with Crippen LogP contribution in [-0.4, -0.2) is 41.9 Å². The van der Waals surface area contributed by atoms with Gasteiger partial charge in [-0.2, -0.15) is 0 Å². The number of halogens is 1. The van der Waals surface area contributed by atoms with Crippen molar-refractivity contribution in [1.29, 1.82) is 0 Å². The molecular weight excluding hydrogens is 480 g/mol. The SMILES string of the molecule is Cc1noc(-c2ccc(Br)cc2)c1NC(=O)OC(C)(O)c1c(O)c(O)c(O)c(O)c1O. The number of aliphatic hydroxyl groups is 1. The number of aryl methyl sites for hydroxylation is 1. The highest BCUT2D eigenvalue weighted by atomic mass is 79.9. The maximum absolute atomic E-state index is 12.4. The fraction of sp³-hybridized carbons (Fsp3) is 0.158. The Kier molecular flexibility index (Phi) is 5.61. The number of nitrogens with one attached hydrogen (secondary N) is 1. The Hall–Kier alpha value is -3.64. The second-order valence-electron chi connectivity index (χ2n) is 6.59. The van der Waals surface area contributed by atoms with Gasteiger partial charge in [0.1, 0.15) is 16.9 Å². The number of rotatable bonds is 4. The lowest BCUT2D eigenvalue weighted by atomic mass is 10.0. The summed E-state index contributed by atoms with van der Waals surface area (Å²) in [6.07, 6.45) is -1.25. The third kappa shape index (κ3) is 4.02. The molecular formula is C19H17BrN2O9. The number of phenolic OH excluding ortho intramolecular Hbond substituents is 5. The Labute approximate surface area is 182 Å². The van der Waals surface area contributed by atoms with Crippen LogP contribution in [0.4, 0.5) is 10.5 Å². The minimum atomic E-state index is -2.75. The number of nitrogens with zero attached hydrogens (tertiary/aromatic N) is 1. The number of aromatic nitrogens is 1. The number of benzene rings is 2.